The zero-order chi connectivity index (χ0) is 22.5. The van der Waals surface area contributed by atoms with E-state index in [1.807, 2.05) is 6.92 Å². The van der Waals surface area contributed by atoms with E-state index in [0.29, 0.717) is 13.0 Å². The number of benzene rings is 1. The molecule has 1 aromatic carbocycles. The highest BCUT2D eigenvalue weighted by Gasteiger charge is 2.21. The predicted molar refractivity (Wildman–Crippen MR) is 114 cm³/mol. The van der Waals surface area contributed by atoms with Crippen molar-refractivity contribution in [3.8, 4) is 11.3 Å². The average molecular weight is 429 g/mol. The lowest BCUT2D eigenvalue weighted by Crippen LogP contribution is -2.39. The molecular formula is C21H24FN5O4. The first-order valence-corrected chi connectivity index (χ1v) is 9.92. The van der Waals surface area contributed by atoms with Crippen molar-refractivity contribution in [3.05, 3.63) is 63.0 Å². The number of aromatic amines is 1. The minimum atomic E-state index is -0.732. The van der Waals surface area contributed by atoms with Crippen molar-refractivity contribution in [1.29, 1.82) is 0 Å². The lowest BCUT2D eigenvalue weighted by molar-refractivity contribution is -0.118. The van der Waals surface area contributed by atoms with Gasteiger partial charge in [0.2, 0.25) is 5.91 Å². The van der Waals surface area contributed by atoms with Crippen LogP contribution in [0.2, 0.25) is 0 Å². The third-order valence-corrected chi connectivity index (χ3v) is 4.90. The van der Waals surface area contributed by atoms with Crippen LogP contribution in [0.3, 0.4) is 0 Å². The summed E-state index contributed by atoms with van der Waals surface area (Å²) >= 11 is 0. The van der Waals surface area contributed by atoms with Crippen molar-refractivity contribution in [2.75, 3.05) is 17.7 Å². The number of H-pyrrole nitrogens is 1. The van der Waals surface area contributed by atoms with Crippen molar-refractivity contribution < 1.29 is 13.6 Å². The van der Waals surface area contributed by atoms with Crippen LogP contribution in [-0.2, 0) is 17.8 Å². The smallest absolute Gasteiger partial charge is 0.330 e. The van der Waals surface area contributed by atoms with E-state index >= 15 is 0 Å². The number of aryl methyl sites for hydroxylation is 1. The summed E-state index contributed by atoms with van der Waals surface area (Å²) in [5.74, 6) is -0.388. The van der Waals surface area contributed by atoms with Crippen molar-refractivity contribution in [1.82, 2.24) is 14.5 Å². The van der Waals surface area contributed by atoms with E-state index in [2.05, 4.69) is 9.97 Å². The zero-order valence-electron chi connectivity index (χ0n) is 17.4. The van der Waals surface area contributed by atoms with Crippen molar-refractivity contribution in [2.45, 2.75) is 39.2 Å². The van der Waals surface area contributed by atoms with Gasteiger partial charge in [-0.25, -0.2) is 14.2 Å². The first-order valence-electron chi connectivity index (χ1n) is 9.92. The molecule has 2 heterocycles. The van der Waals surface area contributed by atoms with E-state index in [4.69, 9.17) is 10.2 Å². The highest BCUT2D eigenvalue weighted by atomic mass is 19.1. The summed E-state index contributed by atoms with van der Waals surface area (Å²) in [7, 11) is 1.41. The number of nitrogen functional groups attached to an aromatic ring is 1. The van der Waals surface area contributed by atoms with Crippen LogP contribution in [0.15, 0.2) is 44.5 Å². The molecule has 9 nitrogen and oxygen atoms in total. The topological polar surface area (TPSA) is 127 Å². The molecule has 0 saturated heterocycles. The fourth-order valence-corrected chi connectivity index (χ4v) is 3.16. The Morgan fingerprint density at radius 3 is 2.77 bits per heavy atom. The van der Waals surface area contributed by atoms with Gasteiger partial charge in [-0.1, -0.05) is 25.5 Å². The molecule has 0 aliphatic carbocycles. The number of aromatic nitrogens is 3. The molecule has 0 bridgehead atoms. The summed E-state index contributed by atoms with van der Waals surface area (Å²) in [5.41, 5.74) is 4.89. The summed E-state index contributed by atoms with van der Waals surface area (Å²) in [4.78, 5) is 44.4. The molecule has 1 amide bonds. The van der Waals surface area contributed by atoms with Crippen molar-refractivity contribution in [2.24, 2.45) is 0 Å². The maximum absolute atomic E-state index is 13.9. The van der Waals surface area contributed by atoms with Crippen LogP contribution in [0.1, 0.15) is 32.1 Å². The van der Waals surface area contributed by atoms with Crippen LogP contribution in [0.5, 0.6) is 0 Å². The number of unbranched alkanes of at least 4 members (excludes halogenated alkanes) is 1. The average Bonchev–Trinajstić information content (AvgIpc) is 3.20. The summed E-state index contributed by atoms with van der Waals surface area (Å²) in [6, 6.07) is 6.14. The predicted octanol–water partition coefficient (Wildman–Crippen LogP) is 2.31. The molecule has 164 valence electrons. The number of carbonyl (C=O) groups excluding carboxylic acids is 1. The molecule has 0 atom stereocenters. The number of carbonyl (C=O) groups is 1. The number of nitrogens with zero attached hydrogens (tertiary/aromatic N) is 3. The van der Waals surface area contributed by atoms with Gasteiger partial charge in [0.1, 0.15) is 11.6 Å². The van der Waals surface area contributed by atoms with Gasteiger partial charge in [-0.2, -0.15) is 0 Å². The monoisotopic (exact) mass is 429 g/mol. The molecule has 0 unspecified atom stereocenters. The third-order valence-electron chi connectivity index (χ3n) is 4.90. The van der Waals surface area contributed by atoms with Crippen LogP contribution in [0.25, 0.3) is 11.3 Å². The van der Waals surface area contributed by atoms with E-state index in [-0.39, 0.29) is 41.6 Å². The Hall–Kier alpha value is -3.69. The van der Waals surface area contributed by atoms with E-state index in [1.54, 1.807) is 18.2 Å². The summed E-state index contributed by atoms with van der Waals surface area (Å²) < 4.78 is 20.7. The third kappa shape index (κ3) is 4.73. The van der Waals surface area contributed by atoms with Crippen molar-refractivity contribution >= 4 is 17.4 Å². The normalized spacial score (nSPS) is 10.9. The molecule has 31 heavy (non-hydrogen) atoms. The van der Waals surface area contributed by atoms with Gasteiger partial charge in [0.15, 0.2) is 17.3 Å². The minimum absolute atomic E-state index is 0.0271. The quantitative estimate of drug-likeness (QED) is 0.566. The van der Waals surface area contributed by atoms with Crippen LogP contribution < -0.4 is 21.9 Å². The van der Waals surface area contributed by atoms with E-state index in [0.717, 1.165) is 11.3 Å². The number of hydrogen-bond acceptors (Lipinski definition) is 6. The molecule has 2 aromatic heterocycles. The summed E-state index contributed by atoms with van der Waals surface area (Å²) in [6.07, 6.45) is 3.04. The Bertz CT molecular complexity index is 1200. The molecule has 3 rings (SSSR count). The Morgan fingerprint density at radius 2 is 2.06 bits per heavy atom. The lowest BCUT2D eigenvalue weighted by atomic mass is 10.2. The molecule has 0 aliphatic rings. The van der Waals surface area contributed by atoms with Crippen LogP contribution in [0, 0.1) is 5.82 Å². The molecule has 0 spiro atoms. The number of hydrogen-bond donors (Lipinski definition) is 2. The first kappa shape index (κ1) is 22.0. The number of nitrogens with two attached hydrogens (primary N) is 1. The van der Waals surface area contributed by atoms with Gasteiger partial charge in [0.05, 0.1) is 11.8 Å². The van der Waals surface area contributed by atoms with Gasteiger partial charge >= 0.3 is 5.69 Å². The van der Waals surface area contributed by atoms with Gasteiger partial charge in [-0.05, 0) is 18.6 Å². The molecule has 3 N–H and O–H groups in total. The Labute approximate surface area is 177 Å². The molecule has 0 saturated carbocycles. The highest BCUT2D eigenvalue weighted by molar-refractivity contribution is 5.95. The van der Waals surface area contributed by atoms with Gasteiger partial charge in [-0.3, -0.25) is 19.1 Å². The molecule has 10 heteroatoms. The molecule has 0 fully saturated rings. The second kappa shape index (κ2) is 9.41. The first-order chi connectivity index (χ1) is 14.8. The Kier molecular flexibility index (Phi) is 6.68. The van der Waals surface area contributed by atoms with E-state index in [1.165, 1.54) is 23.9 Å². The second-order valence-corrected chi connectivity index (χ2v) is 7.05. The highest BCUT2D eigenvalue weighted by Crippen LogP contribution is 2.24. The Balaban J connectivity index is 1.74. The van der Waals surface area contributed by atoms with Crippen molar-refractivity contribution in [3.63, 3.8) is 0 Å². The zero-order valence-corrected chi connectivity index (χ0v) is 17.4. The maximum Gasteiger partial charge on any atom is 0.330 e. The van der Waals surface area contributed by atoms with E-state index < -0.39 is 23.0 Å². The van der Waals surface area contributed by atoms with Gasteiger partial charge in [0.25, 0.3) is 5.56 Å². The van der Waals surface area contributed by atoms with Crippen LogP contribution in [0.4, 0.5) is 15.9 Å². The Morgan fingerprint density at radius 1 is 1.32 bits per heavy atom. The fraction of sp³-hybridized carbons (Fsp3) is 0.333. The molecular weight excluding hydrogens is 405 g/mol. The van der Waals surface area contributed by atoms with Crippen LogP contribution in [-0.4, -0.2) is 27.5 Å². The molecule has 0 aliphatic heterocycles. The summed E-state index contributed by atoms with van der Waals surface area (Å²) in [5, 5.41) is 0. The molecule has 0 radical (unpaired) electrons. The van der Waals surface area contributed by atoms with Gasteiger partial charge < -0.3 is 15.1 Å². The summed E-state index contributed by atoms with van der Waals surface area (Å²) in [6.45, 7) is 2.30. The van der Waals surface area contributed by atoms with Gasteiger partial charge in [-0.15, -0.1) is 0 Å². The number of anilines is 2. The van der Waals surface area contributed by atoms with E-state index in [9.17, 15) is 18.8 Å². The number of oxazole rings is 1. The standard InChI is InChI=1S/C21H24FN5O4/c1-3-4-11-27-19(23)18(20(29)25-21(27)30)26(2)17(28)10-9-16-24-12-15(31-16)13-7-5-6-8-14(13)22/h5-8,12H,3-4,9-11,23H2,1-2H3,(H,25,29,30). The number of amides is 1. The number of rotatable bonds is 8. The fourth-order valence-electron chi connectivity index (χ4n) is 3.16. The van der Waals surface area contributed by atoms with Gasteiger partial charge in [0, 0.05) is 26.4 Å². The maximum atomic E-state index is 13.9. The largest absolute Gasteiger partial charge is 0.441 e. The van der Waals surface area contributed by atoms with Crippen LogP contribution >= 0.6 is 0 Å². The number of halogens is 1. The lowest BCUT2D eigenvalue weighted by Gasteiger charge is -2.20. The molecule has 3 aromatic rings. The second-order valence-electron chi connectivity index (χ2n) is 7.05. The number of nitrogens with one attached hydrogen (secondary N) is 1. The SMILES string of the molecule is CCCCn1c(N)c(N(C)C(=O)CCc2ncc(-c3ccccc3F)o2)c(=O)[nH]c1=O. The minimum Gasteiger partial charge on any atom is -0.441 e.